The molecule has 1 N–H and O–H groups in total. The maximum Gasteiger partial charge on any atom is 0.270 e. The Balaban J connectivity index is 2.17. The van der Waals surface area contributed by atoms with E-state index in [4.69, 9.17) is 0 Å². The summed E-state index contributed by atoms with van der Waals surface area (Å²) in [7, 11) is 0. The second-order valence-corrected chi connectivity index (χ2v) is 6.22. The zero-order valence-electron chi connectivity index (χ0n) is 10.4. The van der Waals surface area contributed by atoms with Crippen molar-refractivity contribution in [2.75, 3.05) is 5.32 Å². The van der Waals surface area contributed by atoms with E-state index in [9.17, 15) is 10.1 Å². The van der Waals surface area contributed by atoms with Gasteiger partial charge in [0, 0.05) is 33.4 Å². The minimum Gasteiger partial charge on any atom is -0.375 e. The SMILES string of the molecule is Cc1cnc(C(C)Nc2ccc([N+](=O)[O-])cc2Br)s1. The Morgan fingerprint density at radius 1 is 1.53 bits per heavy atom. The first-order chi connectivity index (χ1) is 8.97. The molecule has 1 heterocycles. The number of hydrogen-bond acceptors (Lipinski definition) is 5. The van der Waals surface area contributed by atoms with Crippen molar-refractivity contribution >= 4 is 38.6 Å². The van der Waals surface area contributed by atoms with E-state index >= 15 is 0 Å². The van der Waals surface area contributed by atoms with Gasteiger partial charge in [0.25, 0.3) is 5.69 Å². The molecule has 5 nitrogen and oxygen atoms in total. The number of hydrogen-bond donors (Lipinski definition) is 1. The van der Waals surface area contributed by atoms with Gasteiger partial charge in [0.1, 0.15) is 5.01 Å². The van der Waals surface area contributed by atoms with Gasteiger partial charge in [-0.1, -0.05) is 0 Å². The standard InChI is InChI=1S/C12H12BrN3O2S/c1-7-6-14-12(19-7)8(2)15-11-4-3-9(16(17)18)5-10(11)13/h3-6,8,15H,1-2H3. The summed E-state index contributed by atoms with van der Waals surface area (Å²) >= 11 is 4.97. The van der Waals surface area contributed by atoms with E-state index in [1.807, 2.05) is 20.0 Å². The quantitative estimate of drug-likeness (QED) is 0.665. The van der Waals surface area contributed by atoms with Crippen molar-refractivity contribution in [3.05, 3.63) is 48.9 Å². The summed E-state index contributed by atoms with van der Waals surface area (Å²) in [6.07, 6.45) is 1.84. The lowest BCUT2D eigenvalue weighted by atomic mass is 10.2. The lowest BCUT2D eigenvalue weighted by molar-refractivity contribution is -0.384. The highest BCUT2D eigenvalue weighted by Crippen LogP contribution is 2.30. The van der Waals surface area contributed by atoms with E-state index in [1.165, 1.54) is 12.1 Å². The number of benzene rings is 1. The van der Waals surface area contributed by atoms with Gasteiger partial charge in [-0.15, -0.1) is 11.3 Å². The lowest BCUT2D eigenvalue weighted by Crippen LogP contribution is -2.06. The molecule has 0 saturated carbocycles. The van der Waals surface area contributed by atoms with Crippen LogP contribution in [0.15, 0.2) is 28.9 Å². The smallest absolute Gasteiger partial charge is 0.270 e. The normalized spacial score (nSPS) is 12.2. The predicted molar refractivity (Wildman–Crippen MR) is 79.7 cm³/mol. The van der Waals surface area contributed by atoms with Crippen molar-refractivity contribution < 1.29 is 4.92 Å². The molecule has 1 unspecified atom stereocenters. The van der Waals surface area contributed by atoms with E-state index in [0.29, 0.717) is 4.47 Å². The van der Waals surface area contributed by atoms with Crippen LogP contribution in [0.5, 0.6) is 0 Å². The van der Waals surface area contributed by atoms with Gasteiger partial charge in [-0.3, -0.25) is 10.1 Å². The van der Waals surface area contributed by atoms with Gasteiger partial charge in [-0.2, -0.15) is 0 Å². The summed E-state index contributed by atoms with van der Waals surface area (Å²) in [5.74, 6) is 0. The number of rotatable bonds is 4. The largest absolute Gasteiger partial charge is 0.375 e. The highest BCUT2D eigenvalue weighted by Gasteiger charge is 2.13. The molecule has 0 bridgehead atoms. The highest BCUT2D eigenvalue weighted by molar-refractivity contribution is 9.10. The molecule has 1 aromatic carbocycles. The summed E-state index contributed by atoms with van der Waals surface area (Å²) in [4.78, 5) is 15.7. The molecule has 0 saturated heterocycles. The minimum absolute atomic E-state index is 0.0523. The molecule has 1 aromatic heterocycles. The number of aryl methyl sites for hydroxylation is 1. The first-order valence-electron chi connectivity index (χ1n) is 5.60. The Kier molecular flexibility index (Phi) is 4.16. The first-order valence-corrected chi connectivity index (χ1v) is 7.21. The summed E-state index contributed by atoms with van der Waals surface area (Å²) in [5, 5.41) is 14.9. The first kappa shape index (κ1) is 14.0. The van der Waals surface area contributed by atoms with Crippen molar-refractivity contribution in [3.8, 4) is 0 Å². The van der Waals surface area contributed by atoms with Gasteiger partial charge >= 0.3 is 0 Å². The van der Waals surface area contributed by atoms with Gasteiger partial charge in [0.2, 0.25) is 0 Å². The minimum atomic E-state index is -0.415. The number of halogens is 1. The maximum absolute atomic E-state index is 10.7. The van der Waals surface area contributed by atoms with Gasteiger partial charge in [-0.05, 0) is 35.8 Å². The van der Waals surface area contributed by atoms with Crippen LogP contribution in [0, 0.1) is 17.0 Å². The molecular formula is C12H12BrN3O2S. The molecule has 0 radical (unpaired) electrons. The summed E-state index contributed by atoms with van der Waals surface area (Å²) in [6, 6.07) is 4.71. The summed E-state index contributed by atoms with van der Waals surface area (Å²) in [6.45, 7) is 4.02. The zero-order valence-corrected chi connectivity index (χ0v) is 12.8. The molecule has 0 fully saturated rings. The third kappa shape index (κ3) is 3.30. The van der Waals surface area contributed by atoms with E-state index in [1.54, 1.807) is 17.4 Å². The monoisotopic (exact) mass is 341 g/mol. The zero-order chi connectivity index (χ0) is 14.0. The average Bonchev–Trinajstić information content (AvgIpc) is 2.78. The van der Waals surface area contributed by atoms with E-state index in [2.05, 4.69) is 26.2 Å². The van der Waals surface area contributed by atoms with Crippen LogP contribution in [0.1, 0.15) is 22.9 Å². The molecule has 100 valence electrons. The molecular weight excluding hydrogens is 330 g/mol. The van der Waals surface area contributed by atoms with Crippen molar-refractivity contribution in [2.45, 2.75) is 19.9 Å². The Morgan fingerprint density at radius 2 is 2.26 bits per heavy atom. The molecule has 7 heteroatoms. The van der Waals surface area contributed by atoms with Crippen LogP contribution >= 0.6 is 27.3 Å². The second-order valence-electron chi connectivity index (χ2n) is 4.10. The number of nitrogens with one attached hydrogen (secondary N) is 1. The fourth-order valence-electron chi connectivity index (χ4n) is 1.60. The van der Waals surface area contributed by atoms with Crippen LogP contribution in [0.4, 0.5) is 11.4 Å². The lowest BCUT2D eigenvalue weighted by Gasteiger charge is -2.14. The van der Waals surface area contributed by atoms with Crippen LogP contribution in [0.25, 0.3) is 0 Å². The van der Waals surface area contributed by atoms with Crippen molar-refractivity contribution in [2.24, 2.45) is 0 Å². The number of nitrogens with zero attached hydrogens (tertiary/aromatic N) is 2. The number of nitro groups is 1. The van der Waals surface area contributed by atoms with Crippen LogP contribution < -0.4 is 5.32 Å². The van der Waals surface area contributed by atoms with Gasteiger partial charge < -0.3 is 5.32 Å². The van der Waals surface area contributed by atoms with Crippen molar-refractivity contribution in [1.29, 1.82) is 0 Å². The summed E-state index contributed by atoms with van der Waals surface area (Å²) < 4.78 is 0.668. The molecule has 0 spiro atoms. The van der Waals surface area contributed by atoms with E-state index < -0.39 is 4.92 Å². The van der Waals surface area contributed by atoms with Crippen LogP contribution in [0.2, 0.25) is 0 Å². The number of non-ortho nitro benzene ring substituents is 1. The fourth-order valence-corrected chi connectivity index (χ4v) is 2.86. The molecule has 0 aliphatic carbocycles. The van der Waals surface area contributed by atoms with Gasteiger partial charge in [0.15, 0.2) is 0 Å². The molecule has 19 heavy (non-hydrogen) atoms. The summed E-state index contributed by atoms with van der Waals surface area (Å²) in [5.41, 5.74) is 0.876. The number of thiazole rings is 1. The number of nitro benzene ring substituents is 1. The molecule has 0 aliphatic heterocycles. The molecule has 2 rings (SSSR count). The Bertz CT molecular complexity index is 615. The molecule has 1 atom stereocenters. The highest BCUT2D eigenvalue weighted by atomic mass is 79.9. The van der Waals surface area contributed by atoms with E-state index in [-0.39, 0.29) is 11.7 Å². The molecule has 0 aliphatic rings. The fraction of sp³-hybridized carbons (Fsp3) is 0.250. The Morgan fingerprint density at radius 3 is 2.79 bits per heavy atom. The third-order valence-electron chi connectivity index (χ3n) is 2.55. The van der Waals surface area contributed by atoms with Gasteiger partial charge in [-0.25, -0.2) is 4.98 Å². The maximum atomic E-state index is 10.7. The van der Waals surface area contributed by atoms with E-state index in [0.717, 1.165) is 15.6 Å². The third-order valence-corrected chi connectivity index (χ3v) is 4.30. The molecule has 0 amide bonds. The predicted octanol–water partition coefficient (Wildman–Crippen LogP) is 4.30. The second kappa shape index (κ2) is 5.66. The number of anilines is 1. The van der Waals surface area contributed by atoms with Gasteiger partial charge in [0.05, 0.1) is 11.0 Å². The number of aromatic nitrogens is 1. The van der Waals surface area contributed by atoms with Crippen LogP contribution in [-0.4, -0.2) is 9.91 Å². The Labute approximate surface area is 123 Å². The Hall–Kier alpha value is -1.47. The van der Waals surface area contributed by atoms with Crippen LogP contribution in [0.3, 0.4) is 0 Å². The molecule has 2 aromatic rings. The topological polar surface area (TPSA) is 68.1 Å². The van der Waals surface area contributed by atoms with Crippen LogP contribution in [-0.2, 0) is 0 Å². The van der Waals surface area contributed by atoms with Crippen molar-refractivity contribution in [3.63, 3.8) is 0 Å². The van der Waals surface area contributed by atoms with Crippen molar-refractivity contribution in [1.82, 2.24) is 4.98 Å². The average molecular weight is 342 g/mol.